The Morgan fingerprint density at radius 3 is 2.52 bits per heavy atom. The number of phenols is 1. The van der Waals surface area contributed by atoms with Crippen LogP contribution in [0.25, 0.3) is 38.9 Å². The molecule has 0 aliphatic carbocycles. The molecule has 0 spiro atoms. The molecule has 0 unspecified atom stereocenters. The predicted molar refractivity (Wildman–Crippen MR) is 142 cm³/mol. The van der Waals surface area contributed by atoms with Gasteiger partial charge in [0.2, 0.25) is 0 Å². The molecule has 3 aromatic heterocycles. The zero-order valence-electron chi connectivity index (χ0n) is 20.7. The molecule has 0 saturated heterocycles. The number of fused-ring (bicyclic) bond motifs is 3. The van der Waals surface area contributed by atoms with E-state index in [-0.39, 0.29) is 28.0 Å². The fraction of sp³-hybridized carbons (Fsp3) is 0.0714. The molecule has 12 heteroatoms. The number of hydrogen-bond acceptors (Lipinski definition) is 5. The molecule has 0 aliphatic rings. The van der Waals surface area contributed by atoms with Gasteiger partial charge in [-0.25, -0.2) is 9.67 Å². The average molecular weight is 544 g/mol. The van der Waals surface area contributed by atoms with Gasteiger partial charge in [0.1, 0.15) is 5.75 Å². The van der Waals surface area contributed by atoms with Crippen molar-refractivity contribution in [2.24, 2.45) is 7.05 Å². The number of rotatable bonds is 4. The number of aryl methyl sites for hydroxylation is 1. The summed E-state index contributed by atoms with van der Waals surface area (Å²) in [5.41, 5.74) is 0.513. The van der Waals surface area contributed by atoms with Crippen LogP contribution < -0.4 is 10.9 Å². The summed E-state index contributed by atoms with van der Waals surface area (Å²) >= 11 is 0. The van der Waals surface area contributed by atoms with Crippen LogP contribution in [0, 0.1) is 0 Å². The quantitative estimate of drug-likeness (QED) is 0.262. The lowest BCUT2D eigenvalue weighted by atomic mass is 10.0. The zero-order valence-corrected chi connectivity index (χ0v) is 20.7. The van der Waals surface area contributed by atoms with Crippen LogP contribution in [0.15, 0.2) is 83.8 Å². The molecule has 6 rings (SSSR count). The molecule has 40 heavy (non-hydrogen) atoms. The van der Waals surface area contributed by atoms with Gasteiger partial charge < -0.3 is 10.4 Å². The minimum absolute atomic E-state index is 0.0555. The minimum Gasteiger partial charge on any atom is -0.508 e. The third-order valence-corrected chi connectivity index (χ3v) is 6.48. The van der Waals surface area contributed by atoms with Gasteiger partial charge in [-0.05, 0) is 54.6 Å². The molecule has 0 fully saturated rings. The second-order valence-corrected chi connectivity index (χ2v) is 9.10. The number of pyridine rings is 1. The highest BCUT2D eigenvalue weighted by Gasteiger charge is 2.31. The SMILES string of the molecule is Cn1ncc2c3[nH]n(-c4cccc(C(=O)Nc5ccc(O)cc5)c4)c(=O)c3c(-c3cccc(C(F)(F)F)c3)nc21. The minimum atomic E-state index is -4.58. The van der Waals surface area contributed by atoms with Gasteiger partial charge in [0.05, 0.1) is 39.4 Å². The van der Waals surface area contributed by atoms with Crippen molar-refractivity contribution in [3.8, 4) is 22.7 Å². The van der Waals surface area contributed by atoms with Gasteiger partial charge in [-0.2, -0.15) is 18.3 Å². The molecule has 0 saturated carbocycles. The Balaban J connectivity index is 1.50. The number of aromatic amines is 1. The topological polar surface area (TPSA) is 118 Å². The highest BCUT2D eigenvalue weighted by atomic mass is 19.4. The summed E-state index contributed by atoms with van der Waals surface area (Å²) in [4.78, 5) is 31.2. The van der Waals surface area contributed by atoms with Crippen LogP contribution in [-0.2, 0) is 13.2 Å². The molecule has 200 valence electrons. The molecular formula is C28H19F3N6O3. The normalized spacial score (nSPS) is 11.8. The van der Waals surface area contributed by atoms with E-state index in [9.17, 15) is 27.9 Å². The number of carbonyl (C=O) groups is 1. The Morgan fingerprint density at radius 2 is 1.77 bits per heavy atom. The summed E-state index contributed by atoms with van der Waals surface area (Å²) in [5.74, 6) is -0.391. The molecule has 1 amide bonds. The molecule has 0 bridgehead atoms. The first-order valence-corrected chi connectivity index (χ1v) is 11.9. The van der Waals surface area contributed by atoms with E-state index in [1.54, 1.807) is 37.4 Å². The molecule has 0 radical (unpaired) electrons. The third-order valence-electron chi connectivity index (χ3n) is 6.48. The second kappa shape index (κ2) is 9.12. The average Bonchev–Trinajstić information content (AvgIpc) is 3.49. The van der Waals surface area contributed by atoms with E-state index in [0.29, 0.717) is 27.9 Å². The van der Waals surface area contributed by atoms with Crippen molar-refractivity contribution < 1.29 is 23.1 Å². The number of aromatic nitrogens is 5. The maximum absolute atomic E-state index is 13.8. The van der Waals surface area contributed by atoms with Gasteiger partial charge in [0.25, 0.3) is 11.5 Å². The highest BCUT2D eigenvalue weighted by molar-refractivity contribution is 6.08. The maximum atomic E-state index is 13.8. The fourth-order valence-electron chi connectivity index (χ4n) is 4.52. The molecule has 6 aromatic rings. The monoisotopic (exact) mass is 544 g/mol. The number of nitrogens with zero attached hydrogens (tertiary/aromatic N) is 4. The van der Waals surface area contributed by atoms with Crippen LogP contribution in [0.5, 0.6) is 5.75 Å². The third kappa shape index (κ3) is 4.25. The van der Waals surface area contributed by atoms with E-state index < -0.39 is 23.2 Å². The van der Waals surface area contributed by atoms with Gasteiger partial charge >= 0.3 is 6.18 Å². The summed E-state index contributed by atoms with van der Waals surface area (Å²) in [6, 6.07) is 16.9. The van der Waals surface area contributed by atoms with Crippen molar-refractivity contribution in [1.29, 1.82) is 0 Å². The number of amides is 1. The molecular weight excluding hydrogens is 525 g/mol. The first-order chi connectivity index (χ1) is 19.1. The molecule has 3 heterocycles. The van der Waals surface area contributed by atoms with E-state index in [0.717, 1.165) is 12.1 Å². The number of nitrogens with one attached hydrogen (secondary N) is 2. The Labute approximate surface area is 223 Å². The Kier molecular flexibility index (Phi) is 5.68. The van der Waals surface area contributed by atoms with Gasteiger partial charge in [0, 0.05) is 23.9 Å². The van der Waals surface area contributed by atoms with E-state index in [2.05, 4.69) is 20.5 Å². The van der Waals surface area contributed by atoms with Crippen LogP contribution >= 0.6 is 0 Å². The van der Waals surface area contributed by atoms with Crippen molar-refractivity contribution in [2.75, 3.05) is 5.32 Å². The first-order valence-electron chi connectivity index (χ1n) is 11.9. The van der Waals surface area contributed by atoms with Crippen LogP contribution in [0.4, 0.5) is 18.9 Å². The van der Waals surface area contributed by atoms with Gasteiger partial charge in [-0.1, -0.05) is 18.2 Å². The number of carbonyl (C=O) groups excluding carboxylic acids is 1. The van der Waals surface area contributed by atoms with Crippen LogP contribution in [0.3, 0.4) is 0 Å². The zero-order chi connectivity index (χ0) is 28.2. The lowest BCUT2D eigenvalue weighted by Crippen LogP contribution is -2.17. The largest absolute Gasteiger partial charge is 0.508 e. The number of hydrogen-bond donors (Lipinski definition) is 3. The molecule has 3 aromatic carbocycles. The highest BCUT2D eigenvalue weighted by Crippen LogP contribution is 2.35. The Morgan fingerprint density at radius 1 is 1.02 bits per heavy atom. The second-order valence-electron chi connectivity index (χ2n) is 9.10. The molecule has 3 N–H and O–H groups in total. The van der Waals surface area contributed by atoms with E-state index in [4.69, 9.17) is 0 Å². The van der Waals surface area contributed by atoms with Crippen molar-refractivity contribution >= 4 is 33.5 Å². The Hall–Kier alpha value is -5.39. The van der Waals surface area contributed by atoms with Crippen LogP contribution in [0.2, 0.25) is 0 Å². The number of anilines is 1. The van der Waals surface area contributed by atoms with Crippen molar-refractivity contribution in [2.45, 2.75) is 6.18 Å². The van der Waals surface area contributed by atoms with Crippen molar-refractivity contribution in [3.63, 3.8) is 0 Å². The lowest BCUT2D eigenvalue weighted by Gasteiger charge is -2.09. The summed E-state index contributed by atoms with van der Waals surface area (Å²) in [6.45, 7) is 0. The van der Waals surface area contributed by atoms with E-state index in [1.807, 2.05) is 0 Å². The molecule has 0 aliphatic heterocycles. The molecule has 0 atom stereocenters. The number of alkyl halides is 3. The van der Waals surface area contributed by atoms with Gasteiger partial charge in [-0.3, -0.25) is 19.4 Å². The summed E-state index contributed by atoms with van der Waals surface area (Å²) in [7, 11) is 1.64. The maximum Gasteiger partial charge on any atom is 0.416 e. The van der Waals surface area contributed by atoms with E-state index >= 15 is 0 Å². The van der Waals surface area contributed by atoms with Crippen LogP contribution in [-0.4, -0.2) is 35.6 Å². The summed E-state index contributed by atoms with van der Waals surface area (Å²) in [5, 5.41) is 20.0. The predicted octanol–water partition coefficient (Wildman–Crippen LogP) is 5.24. The number of phenolic OH excluding ortho intramolecular Hbond substituents is 1. The van der Waals surface area contributed by atoms with Crippen LogP contribution in [0.1, 0.15) is 15.9 Å². The van der Waals surface area contributed by atoms with Gasteiger partial charge in [0.15, 0.2) is 5.65 Å². The number of H-pyrrole nitrogens is 1. The number of halogens is 3. The summed E-state index contributed by atoms with van der Waals surface area (Å²) < 4.78 is 43.1. The number of aromatic hydroxyl groups is 1. The fourth-order valence-corrected chi connectivity index (χ4v) is 4.52. The first kappa shape index (κ1) is 24.9. The van der Waals surface area contributed by atoms with Crippen molar-refractivity contribution in [1.82, 2.24) is 24.5 Å². The Bertz CT molecular complexity index is 1990. The lowest BCUT2D eigenvalue weighted by molar-refractivity contribution is -0.137. The standard InChI is InChI=1S/C28H19F3N6O3/c1-36-25-21(14-32-36)24-22(23(34-25)15-4-2-6-17(12-15)28(29,30)31)27(40)37(35-24)19-7-3-5-16(13-19)26(39)33-18-8-10-20(38)11-9-18/h2-14,35,38H,1H3,(H,33,39). The van der Waals surface area contributed by atoms with E-state index in [1.165, 1.54) is 45.9 Å². The molecule has 9 nitrogen and oxygen atoms in total. The van der Waals surface area contributed by atoms with Crippen molar-refractivity contribution in [3.05, 3.63) is 100 Å². The van der Waals surface area contributed by atoms with Gasteiger partial charge in [-0.15, -0.1) is 0 Å². The smallest absolute Gasteiger partial charge is 0.416 e. The summed E-state index contributed by atoms with van der Waals surface area (Å²) in [6.07, 6.45) is -3.06. The number of benzene rings is 3.